The number of fused-ring (bicyclic) bond motifs is 2. The van der Waals surface area contributed by atoms with Crippen molar-refractivity contribution >= 4 is 44.6 Å². The van der Waals surface area contributed by atoms with E-state index in [2.05, 4.69) is 85.8 Å². The quantitative estimate of drug-likeness (QED) is 0.177. The summed E-state index contributed by atoms with van der Waals surface area (Å²) in [4.78, 5) is 0. The third-order valence-corrected chi connectivity index (χ3v) is 11.3. The van der Waals surface area contributed by atoms with Crippen molar-refractivity contribution in [2.24, 2.45) is 0 Å². The van der Waals surface area contributed by atoms with Crippen molar-refractivity contribution < 1.29 is 9.30 Å². The highest BCUT2D eigenvalue weighted by Crippen LogP contribution is 2.50. The molecule has 208 valence electrons. The molecule has 0 heterocycles. The van der Waals surface area contributed by atoms with E-state index in [0.29, 0.717) is 6.61 Å². The second kappa shape index (κ2) is 11.4. The smallest absolute Gasteiger partial charge is 0.171 e. The van der Waals surface area contributed by atoms with Crippen LogP contribution in [0.1, 0.15) is 11.1 Å². The van der Waals surface area contributed by atoms with Gasteiger partial charge >= 0.3 is 0 Å². The van der Waals surface area contributed by atoms with E-state index >= 15 is 4.57 Å². The summed E-state index contributed by atoms with van der Waals surface area (Å²) in [5.74, 6) is 0.813. The molecular formula is C40H31O2P. The van der Waals surface area contributed by atoms with Crippen LogP contribution in [0.4, 0.5) is 0 Å². The molecule has 0 aliphatic rings. The van der Waals surface area contributed by atoms with Crippen LogP contribution in [-0.4, -0.2) is 0 Å². The van der Waals surface area contributed by atoms with Gasteiger partial charge in [-0.2, -0.15) is 0 Å². The standard InChI is InChI=1S/C40H31O2P/c1-29-27-32-18-12-14-24-36(32)39(40(29)42-28-30-15-5-2-6-16-30)38-35-23-13-11-17-31(35)25-26-37(38)43(41,33-19-7-3-8-20-33)34-21-9-4-10-22-34/h2-27H,28H2,1H3. The first-order chi connectivity index (χ1) is 21.1. The number of benzene rings is 7. The lowest BCUT2D eigenvalue weighted by molar-refractivity contribution is 0.306. The summed E-state index contributed by atoms with van der Waals surface area (Å²) in [5.41, 5.74) is 4.07. The van der Waals surface area contributed by atoms with E-state index in [1.165, 1.54) is 0 Å². The molecule has 0 saturated carbocycles. The molecule has 7 rings (SSSR count). The first-order valence-electron chi connectivity index (χ1n) is 14.6. The molecule has 7 aromatic rings. The van der Waals surface area contributed by atoms with Crippen LogP contribution >= 0.6 is 7.14 Å². The SMILES string of the molecule is Cc1cc2ccccc2c(-c2c(P(=O)(c3ccccc3)c3ccccc3)ccc3ccccc23)c1OCc1ccccc1. The Balaban J connectivity index is 1.61. The Hall–Kier alpha value is -4.91. The maximum Gasteiger partial charge on any atom is 0.171 e. The second-order valence-corrected chi connectivity index (χ2v) is 13.6. The van der Waals surface area contributed by atoms with E-state index in [1.54, 1.807) is 0 Å². The Kier molecular flexibility index (Phi) is 7.15. The van der Waals surface area contributed by atoms with Gasteiger partial charge in [0.05, 0.1) is 0 Å². The minimum atomic E-state index is -3.33. The molecule has 0 bridgehead atoms. The van der Waals surface area contributed by atoms with E-state index in [9.17, 15) is 0 Å². The van der Waals surface area contributed by atoms with Gasteiger partial charge in [0.2, 0.25) is 0 Å². The molecule has 0 aliphatic heterocycles. The predicted octanol–water partition coefficient (Wildman–Crippen LogP) is 9.19. The number of rotatable bonds is 7. The van der Waals surface area contributed by atoms with Crippen LogP contribution in [-0.2, 0) is 11.2 Å². The van der Waals surface area contributed by atoms with Gasteiger partial charge in [-0.3, -0.25) is 0 Å². The third kappa shape index (κ3) is 4.84. The van der Waals surface area contributed by atoms with E-state index in [0.717, 1.165) is 65.5 Å². The van der Waals surface area contributed by atoms with Gasteiger partial charge in [-0.1, -0.05) is 146 Å². The molecule has 7 aromatic carbocycles. The zero-order valence-electron chi connectivity index (χ0n) is 24.0. The number of aryl methyl sites for hydroxylation is 1. The van der Waals surface area contributed by atoms with Crippen LogP contribution in [0, 0.1) is 6.92 Å². The van der Waals surface area contributed by atoms with Crippen LogP contribution in [0.25, 0.3) is 32.7 Å². The minimum Gasteiger partial charge on any atom is -0.488 e. The molecule has 0 aromatic heterocycles. The van der Waals surface area contributed by atoms with Gasteiger partial charge in [-0.05, 0) is 51.7 Å². The highest BCUT2D eigenvalue weighted by atomic mass is 31.2. The Morgan fingerprint density at radius 1 is 0.535 bits per heavy atom. The van der Waals surface area contributed by atoms with Crippen molar-refractivity contribution in [2.75, 3.05) is 0 Å². The van der Waals surface area contributed by atoms with Crippen LogP contribution in [0.2, 0.25) is 0 Å². The minimum absolute atomic E-state index is 0.433. The van der Waals surface area contributed by atoms with Crippen molar-refractivity contribution in [2.45, 2.75) is 13.5 Å². The Bertz CT molecular complexity index is 2060. The summed E-state index contributed by atoms with van der Waals surface area (Å²) in [5, 5.41) is 6.75. The van der Waals surface area contributed by atoms with E-state index < -0.39 is 7.14 Å². The zero-order chi connectivity index (χ0) is 29.2. The molecule has 0 spiro atoms. The van der Waals surface area contributed by atoms with Crippen LogP contribution in [0.15, 0.2) is 158 Å². The van der Waals surface area contributed by atoms with Gasteiger partial charge in [0, 0.05) is 27.0 Å². The molecule has 0 N–H and O–H groups in total. The fraction of sp³-hybridized carbons (Fsp3) is 0.0500. The van der Waals surface area contributed by atoms with Gasteiger partial charge in [0.1, 0.15) is 12.4 Å². The molecule has 0 radical (unpaired) electrons. The van der Waals surface area contributed by atoms with E-state index in [4.69, 9.17) is 4.74 Å². The summed E-state index contributed by atoms with van der Waals surface area (Å²) in [6, 6.07) is 53.3. The molecule has 0 amide bonds. The summed E-state index contributed by atoms with van der Waals surface area (Å²) in [7, 11) is -3.33. The molecular weight excluding hydrogens is 543 g/mol. The van der Waals surface area contributed by atoms with E-state index in [1.807, 2.05) is 78.9 Å². The molecule has 0 saturated heterocycles. The molecule has 0 aliphatic carbocycles. The largest absolute Gasteiger partial charge is 0.488 e. The zero-order valence-corrected chi connectivity index (χ0v) is 24.9. The lowest BCUT2D eigenvalue weighted by Crippen LogP contribution is -2.26. The monoisotopic (exact) mass is 574 g/mol. The van der Waals surface area contributed by atoms with Crippen molar-refractivity contribution in [3.63, 3.8) is 0 Å². The Labute approximate surface area is 252 Å². The van der Waals surface area contributed by atoms with Gasteiger partial charge in [0.25, 0.3) is 0 Å². The Morgan fingerprint density at radius 3 is 1.67 bits per heavy atom. The molecule has 43 heavy (non-hydrogen) atoms. The second-order valence-electron chi connectivity index (χ2n) is 10.9. The van der Waals surface area contributed by atoms with Gasteiger partial charge in [-0.15, -0.1) is 0 Å². The summed E-state index contributed by atoms with van der Waals surface area (Å²) < 4.78 is 22.7. The lowest BCUT2D eigenvalue weighted by atomic mass is 9.91. The highest BCUT2D eigenvalue weighted by molar-refractivity contribution is 7.85. The topological polar surface area (TPSA) is 26.3 Å². The maximum absolute atomic E-state index is 15.9. The van der Waals surface area contributed by atoms with Crippen molar-refractivity contribution in [3.8, 4) is 16.9 Å². The van der Waals surface area contributed by atoms with E-state index in [-0.39, 0.29) is 0 Å². The molecule has 2 nitrogen and oxygen atoms in total. The van der Waals surface area contributed by atoms with Gasteiger partial charge in [0.15, 0.2) is 7.14 Å². The summed E-state index contributed by atoms with van der Waals surface area (Å²) in [6.07, 6.45) is 0. The third-order valence-electron chi connectivity index (χ3n) is 8.15. The average Bonchev–Trinajstić information content (AvgIpc) is 3.07. The summed E-state index contributed by atoms with van der Waals surface area (Å²) in [6.45, 7) is 2.54. The van der Waals surface area contributed by atoms with Crippen molar-refractivity contribution in [3.05, 3.63) is 169 Å². The van der Waals surface area contributed by atoms with Crippen molar-refractivity contribution in [1.29, 1.82) is 0 Å². The van der Waals surface area contributed by atoms with Crippen molar-refractivity contribution in [1.82, 2.24) is 0 Å². The molecule has 0 unspecified atom stereocenters. The molecule has 3 heteroatoms. The van der Waals surface area contributed by atoms with Crippen LogP contribution in [0.3, 0.4) is 0 Å². The fourth-order valence-corrected chi connectivity index (χ4v) is 8.99. The van der Waals surface area contributed by atoms with Crippen LogP contribution < -0.4 is 20.7 Å². The fourth-order valence-electron chi connectivity index (χ4n) is 6.12. The van der Waals surface area contributed by atoms with Gasteiger partial charge in [-0.25, -0.2) is 0 Å². The lowest BCUT2D eigenvalue weighted by Gasteiger charge is -2.26. The maximum atomic E-state index is 15.9. The number of hydrogen-bond acceptors (Lipinski definition) is 2. The normalized spacial score (nSPS) is 11.6. The number of ether oxygens (including phenoxy) is 1. The number of hydrogen-bond donors (Lipinski definition) is 0. The average molecular weight is 575 g/mol. The Morgan fingerprint density at radius 2 is 1.05 bits per heavy atom. The van der Waals surface area contributed by atoms with Gasteiger partial charge < -0.3 is 9.30 Å². The highest BCUT2D eigenvalue weighted by Gasteiger charge is 2.34. The van der Waals surface area contributed by atoms with Crippen LogP contribution in [0.5, 0.6) is 5.75 Å². The first-order valence-corrected chi connectivity index (χ1v) is 16.3. The first kappa shape index (κ1) is 27.0. The molecule has 0 fully saturated rings. The predicted molar refractivity (Wildman–Crippen MR) is 182 cm³/mol. The summed E-state index contributed by atoms with van der Waals surface area (Å²) >= 11 is 0. The molecule has 0 atom stereocenters.